The van der Waals surface area contributed by atoms with Crippen molar-refractivity contribution in [3.05, 3.63) is 46.8 Å². The summed E-state index contributed by atoms with van der Waals surface area (Å²) in [6.07, 6.45) is 0. The van der Waals surface area contributed by atoms with Gasteiger partial charge in [0.15, 0.2) is 5.78 Å². The molecule has 2 nitrogen and oxygen atoms in total. The molecule has 0 bridgehead atoms. The van der Waals surface area contributed by atoms with Crippen LogP contribution in [0.3, 0.4) is 0 Å². The van der Waals surface area contributed by atoms with Crippen LogP contribution in [-0.4, -0.2) is 12.3 Å². The van der Waals surface area contributed by atoms with Crippen LogP contribution in [-0.2, 0) is 0 Å². The maximum Gasteiger partial charge on any atom is 0.186 e. The van der Waals surface area contributed by atoms with Crippen LogP contribution in [0, 0.1) is 6.92 Å². The van der Waals surface area contributed by atoms with E-state index in [9.17, 15) is 4.79 Å². The summed E-state index contributed by atoms with van der Waals surface area (Å²) >= 11 is 1.50. The topological polar surface area (TPSA) is 43.1 Å². The van der Waals surface area contributed by atoms with Crippen molar-refractivity contribution in [3.8, 4) is 10.4 Å². The number of thiophene rings is 1. The summed E-state index contributed by atoms with van der Waals surface area (Å²) in [5.41, 5.74) is 7.74. The lowest BCUT2D eigenvalue weighted by atomic mass is 10.1. The summed E-state index contributed by atoms with van der Waals surface area (Å²) in [5.74, 6) is 0.00448. The van der Waals surface area contributed by atoms with Gasteiger partial charge in [-0.15, -0.1) is 11.3 Å². The summed E-state index contributed by atoms with van der Waals surface area (Å²) in [5, 5.41) is 0. The van der Waals surface area contributed by atoms with Gasteiger partial charge in [0, 0.05) is 4.88 Å². The van der Waals surface area contributed by atoms with Crippen LogP contribution in [0.2, 0.25) is 0 Å². The Morgan fingerprint density at radius 1 is 1.25 bits per heavy atom. The van der Waals surface area contributed by atoms with E-state index in [4.69, 9.17) is 5.73 Å². The summed E-state index contributed by atoms with van der Waals surface area (Å²) in [4.78, 5) is 13.3. The van der Waals surface area contributed by atoms with Crippen molar-refractivity contribution in [1.29, 1.82) is 0 Å². The number of benzene rings is 1. The average Bonchev–Trinajstić information content (AvgIpc) is 2.78. The molecule has 1 heterocycles. The lowest BCUT2D eigenvalue weighted by Gasteiger charge is -2.01. The third-order valence-corrected chi connectivity index (χ3v) is 3.64. The van der Waals surface area contributed by atoms with Crippen LogP contribution in [0.25, 0.3) is 10.4 Å². The predicted octanol–water partition coefficient (Wildman–Crippen LogP) is 2.86. The van der Waals surface area contributed by atoms with Gasteiger partial charge in [-0.3, -0.25) is 4.79 Å². The SMILES string of the molecule is Cc1ccccc1-c1ccc(C(=O)CN)s1. The first-order valence-electron chi connectivity index (χ1n) is 5.11. The van der Waals surface area contributed by atoms with E-state index in [2.05, 4.69) is 19.1 Å². The van der Waals surface area contributed by atoms with E-state index in [0.717, 1.165) is 9.75 Å². The predicted molar refractivity (Wildman–Crippen MR) is 67.9 cm³/mol. The molecule has 0 unspecified atom stereocenters. The second-order valence-electron chi connectivity index (χ2n) is 3.61. The van der Waals surface area contributed by atoms with Crippen LogP contribution in [0.1, 0.15) is 15.2 Å². The van der Waals surface area contributed by atoms with Crippen LogP contribution in [0.4, 0.5) is 0 Å². The Morgan fingerprint density at radius 2 is 2.00 bits per heavy atom. The van der Waals surface area contributed by atoms with E-state index in [-0.39, 0.29) is 12.3 Å². The van der Waals surface area contributed by atoms with Gasteiger partial charge in [-0.2, -0.15) is 0 Å². The molecule has 1 aromatic carbocycles. The molecule has 0 aliphatic heterocycles. The normalized spacial score (nSPS) is 10.4. The second kappa shape index (κ2) is 4.60. The van der Waals surface area contributed by atoms with E-state index in [1.54, 1.807) is 0 Å². The second-order valence-corrected chi connectivity index (χ2v) is 4.69. The first-order valence-corrected chi connectivity index (χ1v) is 5.93. The number of carbonyl (C=O) groups excluding carboxylic acids is 1. The van der Waals surface area contributed by atoms with E-state index < -0.39 is 0 Å². The Labute approximate surface area is 98.7 Å². The first-order chi connectivity index (χ1) is 7.72. The van der Waals surface area contributed by atoms with Gasteiger partial charge < -0.3 is 5.73 Å². The molecule has 0 aliphatic rings. The maximum absolute atomic E-state index is 11.4. The number of aryl methyl sites for hydroxylation is 1. The summed E-state index contributed by atoms with van der Waals surface area (Å²) < 4.78 is 0. The van der Waals surface area contributed by atoms with Gasteiger partial charge in [-0.25, -0.2) is 0 Å². The van der Waals surface area contributed by atoms with Crippen molar-refractivity contribution in [3.63, 3.8) is 0 Å². The highest BCUT2D eigenvalue weighted by Crippen LogP contribution is 2.30. The number of rotatable bonds is 3. The van der Waals surface area contributed by atoms with Gasteiger partial charge in [0.1, 0.15) is 0 Å². The molecule has 0 spiro atoms. The number of ketones is 1. The minimum absolute atomic E-state index is 0.00448. The number of nitrogens with two attached hydrogens (primary N) is 1. The molecule has 1 aromatic heterocycles. The van der Waals surface area contributed by atoms with Crippen molar-refractivity contribution < 1.29 is 4.79 Å². The molecule has 0 saturated heterocycles. The molecule has 82 valence electrons. The molecule has 2 N–H and O–H groups in total. The molecule has 0 amide bonds. The number of hydrogen-bond acceptors (Lipinski definition) is 3. The molecule has 0 atom stereocenters. The minimum atomic E-state index is 0.00448. The molecule has 0 radical (unpaired) electrons. The molecule has 0 saturated carbocycles. The van der Waals surface area contributed by atoms with Crippen LogP contribution >= 0.6 is 11.3 Å². The quantitative estimate of drug-likeness (QED) is 0.825. The van der Waals surface area contributed by atoms with Gasteiger partial charge in [0.25, 0.3) is 0 Å². The molecule has 16 heavy (non-hydrogen) atoms. The summed E-state index contributed by atoms with van der Waals surface area (Å²) in [6.45, 7) is 2.15. The van der Waals surface area contributed by atoms with Gasteiger partial charge in [-0.1, -0.05) is 24.3 Å². The summed E-state index contributed by atoms with van der Waals surface area (Å²) in [7, 11) is 0. The zero-order chi connectivity index (χ0) is 11.5. The fourth-order valence-electron chi connectivity index (χ4n) is 1.58. The van der Waals surface area contributed by atoms with Crippen LogP contribution in [0.5, 0.6) is 0 Å². The maximum atomic E-state index is 11.4. The molecule has 2 rings (SSSR count). The van der Waals surface area contributed by atoms with Gasteiger partial charge in [-0.05, 0) is 30.2 Å². The fourth-order valence-corrected chi connectivity index (χ4v) is 2.63. The largest absolute Gasteiger partial charge is 0.324 e. The lowest BCUT2D eigenvalue weighted by molar-refractivity contribution is 0.100. The highest BCUT2D eigenvalue weighted by atomic mass is 32.1. The van der Waals surface area contributed by atoms with Crippen LogP contribution < -0.4 is 5.73 Å². The van der Waals surface area contributed by atoms with Gasteiger partial charge in [0.05, 0.1) is 11.4 Å². The Hall–Kier alpha value is -1.45. The fraction of sp³-hybridized carbons (Fsp3) is 0.154. The molecular weight excluding hydrogens is 218 g/mol. The average molecular weight is 231 g/mol. The number of carbonyl (C=O) groups is 1. The monoisotopic (exact) mass is 231 g/mol. The molecule has 3 heteroatoms. The Bertz CT molecular complexity index is 516. The molecule has 2 aromatic rings. The third-order valence-electron chi connectivity index (χ3n) is 2.48. The van der Waals surface area contributed by atoms with E-state index in [0.29, 0.717) is 0 Å². The number of Topliss-reactive ketones (excluding diaryl/α,β-unsaturated/α-hetero) is 1. The van der Waals surface area contributed by atoms with Crippen molar-refractivity contribution in [1.82, 2.24) is 0 Å². The molecule has 0 aliphatic carbocycles. The standard InChI is InChI=1S/C13H13NOS/c1-9-4-2-3-5-10(9)12-6-7-13(16-12)11(15)8-14/h2-7H,8,14H2,1H3. The smallest absolute Gasteiger partial charge is 0.186 e. The van der Waals surface area contributed by atoms with Crippen molar-refractivity contribution in [2.75, 3.05) is 6.54 Å². The highest BCUT2D eigenvalue weighted by Gasteiger charge is 2.09. The highest BCUT2D eigenvalue weighted by molar-refractivity contribution is 7.17. The van der Waals surface area contributed by atoms with Gasteiger partial charge in [0.2, 0.25) is 0 Å². The lowest BCUT2D eigenvalue weighted by Crippen LogP contribution is -2.11. The zero-order valence-electron chi connectivity index (χ0n) is 9.07. The minimum Gasteiger partial charge on any atom is -0.324 e. The number of hydrogen-bond donors (Lipinski definition) is 1. The Balaban J connectivity index is 2.39. The van der Waals surface area contributed by atoms with Crippen molar-refractivity contribution in [2.45, 2.75) is 6.92 Å². The zero-order valence-corrected chi connectivity index (χ0v) is 9.88. The Morgan fingerprint density at radius 3 is 2.69 bits per heavy atom. The molecule has 0 fully saturated rings. The summed E-state index contributed by atoms with van der Waals surface area (Å²) in [6, 6.07) is 12.0. The van der Waals surface area contributed by atoms with Crippen molar-refractivity contribution >= 4 is 17.1 Å². The third kappa shape index (κ3) is 2.05. The van der Waals surface area contributed by atoms with E-state index in [1.807, 2.05) is 24.3 Å². The first kappa shape index (κ1) is 11.0. The van der Waals surface area contributed by atoms with E-state index >= 15 is 0 Å². The van der Waals surface area contributed by atoms with Crippen molar-refractivity contribution in [2.24, 2.45) is 5.73 Å². The Kier molecular flexibility index (Phi) is 3.17. The van der Waals surface area contributed by atoms with E-state index in [1.165, 1.54) is 22.5 Å². The van der Waals surface area contributed by atoms with Gasteiger partial charge >= 0.3 is 0 Å². The van der Waals surface area contributed by atoms with Crippen LogP contribution in [0.15, 0.2) is 36.4 Å². The molecular formula is C13H13NOS.